The van der Waals surface area contributed by atoms with Gasteiger partial charge in [-0.15, -0.1) is 0 Å². The van der Waals surface area contributed by atoms with E-state index in [2.05, 4.69) is 0 Å². The third-order valence-electron chi connectivity index (χ3n) is 3.60. The molecule has 1 aliphatic heterocycles. The molecule has 0 spiro atoms. The second-order valence-electron chi connectivity index (χ2n) is 5.04. The first kappa shape index (κ1) is 15.2. The Bertz CT molecular complexity index is 495. The zero-order chi connectivity index (χ0) is 15.2. The highest BCUT2D eigenvalue weighted by Crippen LogP contribution is 2.11. The zero-order valence-electron chi connectivity index (χ0n) is 12.1. The van der Waals surface area contributed by atoms with Gasteiger partial charge < -0.3 is 9.64 Å². The van der Waals surface area contributed by atoms with Gasteiger partial charge in [-0.1, -0.05) is 0 Å². The number of hydrogen-bond donors (Lipinski definition) is 1. The van der Waals surface area contributed by atoms with Crippen LogP contribution in [0.5, 0.6) is 0 Å². The number of carbonyl (C=O) groups excluding carboxylic acids is 1. The molecular formula is C14H20N3O4+. The molecule has 0 unspecified atom stereocenters. The van der Waals surface area contributed by atoms with Crippen molar-refractivity contribution in [1.29, 1.82) is 0 Å². The molecule has 1 amide bonds. The van der Waals surface area contributed by atoms with Crippen LogP contribution in [0.2, 0.25) is 0 Å². The van der Waals surface area contributed by atoms with Crippen LogP contribution < -0.4 is 4.90 Å². The molecule has 21 heavy (non-hydrogen) atoms. The predicted molar refractivity (Wildman–Crippen MR) is 76.1 cm³/mol. The molecule has 0 aliphatic carbocycles. The van der Waals surface area contributed by atoms with Crippen molar-refractivity contribution >= 4 is 11.8 Å². The number of carbonyl (C=O) groups is 1. The number of quaternary nitrogens is 1. The summed E-state index contributed by atoms with van der Waals surface area (Å²) in [6.07, 6.45) is -0.244. The van der Waals surface area contributed by atoms with E-state index in [0.29, 0.717) is 19.7 Å². The van der Waals surface area contributed by atoms with Crippen LogP contribution in [0.3, 0.4) is 0 Å². The summed E-state index contributed by atoms with van der Waals surface area (Å²) in [4.78, 5) is 24.9. The molecular weight excluding hydrogens is 274 g/mol. The summed E-state index contributed by atoms with van der Waals surface area (Å²) in [5, 5.41) is 10.6. The number of piperazine rings is 1. The van der Waals surface area contributed by atoms with E-state index in [0.717, 1.165) is 25.2 Å². The van der Waals surface area contributed by atoms with E-state index in [1.54, 1.807) is 24.0 Å². The zero-order valence-corrected chi connectivity index (χ0v) is 12.1. The van der Waals surface area contributed by atoms with E-state index >= 15 is 0 Å². The van der Waals surface area contributed by atoms with Gasteiger partial charge in [-0.3, -0.25) is 15.0 Å². The van der Waals surface area contributed by atoms with E-state index in [4.69, 9.17) is 4.74 Å². The van der Waals surface area contributed by atoms with Gasteiger partial charge in [-0.05, 0) is 19.1 Å². The number of benzene rings is 1. The average Bonchev–Trinajstić information content (AvgIpc) is 2.49. The number of nitro groups is 1. The number of hydrogen-bond acceptors (Lipinski definition) is 4. The number of non-ortho nitro benzene ring substituents is 1. The molecule has 1 aromatic rings. The fourth-order valence-electron chi connectivity index (χ4n) is 2.42. The molecule has 1 fully saturated rings. The van der Waals surface area contributed by atoms with Crippen molar-refractivity contribution in [2.75, 3.05) is 32.8 Å². The number of rotatable bonds is 4. The van der Waals surface area contributed by atoms with Crippen LogP contribution in [0, 0.1) is 10.1 Å². The molecule has 0 saturated carbocycles. The topological polar surface area (TPSA) is 77.1 Å². The van der Waals surface area contributed by atoms with Gasteiger partial charge in [-0.25, -0.2) is 4.79 Å². The summed E-state index contributed by atoms with van der Waals surface area (Å²) in [6, 6.07) is 6.65. The Morgan fingerprint density at radius 1 is 1.33 bits per heavy atom. The summed E-state index contributed by atoms with van der Waals surface area (Å²) in [7, 11) is 0. The molecule has 0 atom stereocenters. The van der Waals surface area contributed by atoms with E-state index in [1.807, 2.05) is 0 Å². The van der Waals surface area contributed by atoms with Crippen LogP contribution in [0.25, 0.3) is 0 Å². The fourth-order valence-corrected chi connectivity index (χ4v) is 2.42. The Morgan fingerprint density at radius 3 is 2.48 bits per heavy atom. The summed E-state index contributed by atoms with van der Waals surface area (Å²) in [5.74, 6) is 0. The minimum atomic E-state index is -0.394. The van der Waals surface area contributed by atoms with Crippen LogP contribution >= 0.6 is 0 Å². The molecule has 7 nitrogen and oxygen atoms in total. The molecule has 1 aliphatic rings. The Balaban J connectivity index is 1.83. The largest absolute Gasteiger partial charge is 0.450 e. The molecule has 1 saturated heterocycles. The van der Waals surface area contributed by atoms with E-state index in [9.17, 15) is 14.9 Å². The lowest BCUT2D eigenvalue weighted by Crippen LogP contribution is -3.13. The van der Waals surface area contributed by atoms with Crippen molar-refractivity contribution in [1.82, 2.24) is 4.90 Å². The van der Waals surface area contributed by atoms with Crippen LogP contribution in [-0.2, 0) is 11.3 Å². The number of ether oxygens (including phenoxy) is 1. The van der Waals surface area contributed by atoms with Crippen LogP contribution in [-0.4, -0.2) is 48.7 Å². The van der Waals surface area contributed by atoms with Crippen LogP contribution in [0.4, 0.5) is 10.5 Å². The highest BCUT2D eigenvalue weighted by Gasteiger charge is 2.24. The van der Waals surface area contributed by atoms with Gasteiger partial charge >= 0.3 is 6.09 Å². The SMILES string of the molecule is CCOC(=O)N1CC[NH+](Cc2ccc([N+](=O)[O-])cc2)CC1. The second-order valence-corrected chi connectivity index (χ2v) is 5.04. The lowest BCUT2D eigenvalue weighted by molar-refractivity contribution is -0.917. The molecule has 114 valence electrons. The molecule has 0 radical (unpaired) electrons. The van der Waals surface area contributed by atoms with Crippen molar-refractivity contribution in [2.45, 2.75) is 13.5 Å². The highest BCUT2D eigenvalue weighted by atomic mass is 16.6. The predicted octanol–water partition coefficient (Wildman–Crippen LogP) is 0.452. The normalized spacial score (nSPS) is 15.8. The van der Waals surface area contributed by atoms with Gasteiger partial charge in [0.25, 0.3) is 5.69 Å². The number of nitro benzene ring substituents is 1. The van der Waals surface area contributed by atoms with Crippen molar-refractivity contribution < 1.29 is 19.4 Å². The molecule has 0 bridgehead atoms. The van der Waals surface area contributed by atoms with E-state index < -0.39 is 4.92 Å². The highest BCUT2D eigenvalue weighted by molar-refractivity contribution is 5.67. The first-order valence-electron chi connectivity index (χ1n) is 7.08. The van der Waals surface area contributed by atoms with Gasteiger partial charge in [0.15, 0.2) is 0 Å². The molecule has 1 N–H and O–H groups in total. The Hall–Kier alpha value is -2.15. The van der Waals surface area contributed by atoms with Crippen molar-refractivity contribution in [2.24, 2.45) is 0 Å². The third-order valence-corrected chi connectivity index (χ3v) is 3.60. The minimum Gasteiger partial charge on any atom is -0.450 e. The third kappa shape index (κ3) is 4.16. The van der Waals surface area contributed by atoms with Crippen LogP contribution in [0.15, 0.2) is 24.3 Å². The maximum atomic E-state index is 11.6. The summed E-state index contributed by atoms with van der Waals surface area (Å²) >= 11 is 0. The molecule has 0 aromatic heterocycles. The van der Waals surface area contributed by atoms with Gasteiger partial charge in [0.1, 0.15) is 6.54 Å². The van der Waals surface area contributed by atoms with Crippen LogP contribution in [0.1, 0.15) is 12.5 Å². The molecule has 1 aromatic carbocycles. The summed E-state index contributed by atoms with van der Waals surface area (Å²) < 4.78 is 4.98. The Labute approximate surface area is 123 Å². The van der Waals surface area contributed by atoms with Crippen molar-refractivity contribution in [3.8, 4) is 0 Å². The molecule has 2 rings (SSSR count). The summed E-state index contributed by atoms with van der Waals surface area (Å²) in [6.45, 7) is 6.09. The fraction of sp³-hybridized carbons (Fsp3) is 0.500. The lowest BCUT2D eigenvalue weighted by Gasteiger charge is -2.31. The van der Waals surface area contributed by atoms with Crippen molar-refractivity contribution in [3.63, 3.8) is 0 Å². The minimum absolute atomic E-state index is 0.112. The Kier molecular flexibility index (Phi) is 5.10. The second kappa shape index (κ2) is 7.03. The van der Waals surface area contributed by atoms with E-state index in [-0.39, 0.29) is 11.8 Å². The van der Waals surface area contributed by atoms with Gasteiger partial charge in [0, 0.05) is 17.7 Å². The smallest absolute Gasteiger partial charge is 0.410 e. The summed E-state index contributed by atoms with van der Waals surface area (Å²) in [5.41, 5.74) is 1.18. The van der Waals surface area contributed by atoms with Gasteiger partial charge in [-0.2, -0.15) is 0 Å². The maximum Gasteiger partial charge on any atom is 0.410 e. The maximum absolute atomic E-state index is 11.6. The number of amides is 1. The van der Waals surface area contributed by atoms with Crippen molar-refractivity contribution in [3.05, 3.63) is 39.9 Å². The van der Waals surface area contributed by atoms with E-state index in [1.165, 1.54) is 17.0 Å². The first-order chi connectivity index (χ1) is 10.1. The first-order valence-corrected chi connectivity index (χ1v) is 7.08. The average molecular weight is 294 g/mol. The van der Waals surface area contributed by atoms with Gasteiger partial charge in [0.2, 0.25) is 0 Å². The quantitative estimate of drug-likeness (QED) is 0.646. The lowest BCUT2D eigenvalue weighted by atomic mass is 10.2. The molecule has 7 heteroatoms. The molecule has 1 heterocycles. The number of nitrogens with zero attached hydrogens (tertiary/aromatic N) is 2. The monoisotopic (exact) mass is 294 g/mol. The number of nitrogens with one attached hydrogen (secondary N) is 1. The standard InChI is InChI=1S/C14H19N3O4/c1-2-21-14(18)16-9-7-15(8-10-16)11-12-3-5-13(6-4-12)17(19)20/h3-6H,2,7-11H2,1H3/p+1. The van der Waals surface area contributed by atoms with Gasteiger partial charge in [0.05, 0.1) is 37.7 Å². The Morgan fingerprint density at radius 2 is 1.95 bits per heavy atom.